The minimum Gasteiger partial charge on any atom is -0.472 e. The number of hydrogen-bond donors (Lipinski definition) is 3. The Morgan fingerprint density at radius 2 is 1.87 bits per heavy atom. The van der Waals surface area contributed by atoms with Gasteiger partial charge in [-0.3, -0.25) is 0 Å². The average Bonchev–Trinajstić information content (AvgIpc) is 3.60. The van der Waals surface area contributed by atoms with Crippen LogP contribution in [0.5, 0.6) is 0 Å². The van der Waals surface area contributed by atoms with Crippen LogP contribution in [0.25, 0.3) is 0 Å². The predicted octanol–water partition coefficient (Wildman–Crippen LogP) is 3.86. The Balaban J connectivity index is 1.59. The third-order valence-corrected chi connectivity index (χ3v) is 11.6. The Labute approximate surface area is 230 Å². The van der Waals surface area contributed by atoms with Gasteiger partial charge in [0.2, 0.25) is 0 Å². The smallest absolute Gasteiger partial charge is 0.333 e. The van der Waals surface area contributed by atoms with E-state index < -0.39 is 59.0 Å². The lowest BCUT2D eigenvalue weighted by atomic mass is 9.39. The van der Waals surface area contributed by atoms with Crippen LogP contribution in [0, 0.1) is 28.1 Å². The minimum absolute atomic E-state index is 0.0264. The summed E-state index contributed by atoms with van der Waals surface area (Å²) in [5.41, 5.74) is 1.50. The lowest BCUT2D eigenvalue weighted by Gasteiger charge is -2.66. The SMILES string of the molecule is CC=C(C)C(=O)O[C@@H]1[C@@H]2OC[C@]3(C)[C@H](O)C[C@H](O)[C@@](C)([C@@H]23)[C@H]2C[C@H](O)O[C@H]3C[C@@H](c4ccoc4)C(C)=C3[C@]12C. The highest BCUT2D eigenvalue weighted by atomic mass is 16.6. The second-order valence-corrected chi connectivity index (χ2v) is 13.3. The summed E-state index contributed by atoms with van der Waals surface area (Å²) in [6.45, 7) is 12.2. The fraction of sp³-hybridized carbons (Fsp3) is 0.710. The van der Waals surface area contributed by atoms with Crippen molar-refractivity contribution in [2.24, 2.45) is 28.1 Å². The lowest BCUT2D eigenvalue weighted by molar-refractivity contribution is -0.255. The van der Waals surface area contributed by atoms with Crippen molar-refractivity contribution in [3.8, 4) is 0 Å². The monoisotopic (exact) mass is 542 g/mol. The molecule has 0 unspecified atom stereocenters. The van der Waals surface area contributed by atoms with Gasteiger partial charge in [-0.2, -0.15) is 0 Å². The van der Waals surface area contributed by atoms with Gasteiger partial charge in [-0.15, -0.1) is 0 Å². The first-order valence-electron chi connectivity index (χ1n) is 14.3. The quantitative estimate of drug-likeness (QED) is 0.299. The molecule has 4 fully saturated rings. The van der Waals surface area contributed by atoms with E-state index in [4.69, 9.17) is 18.6 Å². The molecule has 5 aliphatic rings. The first kappa shape index (κ1) is 27.2. The van der Waals surface area contributed by atoms with Crippen LogP contribution in [0.4, 0.5) is 0 Å². The molecular formula is C31H42O8. The molecule has 0 bridgehead atoms. The molecule has 8 nitrogen and oxygen atoms in total. The number of fused-ring (bicyclic) bond motifs is 4. The van der Waals surface area contributed by atoms with Crippen LogP contribution < -0.4 is 0 Å². The van der Waals surface area contributed by atoms with E-state index in [1.54, 1.807) is 32.4 Å². The van der Waals surface area contributed by atoms with E-state index in [9.17, 15) is 20.1 Å². The molecule has 3 N–H and O–H groups in total. The van der Waals surface area contributed by atoms with Gasteiger partial charge >= 0.3 is 5.97 Å². The lowest BCUT2D eigenvalue weighted by Crippen LogP contribution is -2.71. The number of furan rings is 1. The van der Waals surface area contributed by atoms with Crippen molar-refractivity contribution < 1.29 is 38.7 Å². The Morgan fingerprint density at radius 3 is 2.54 bits per heavy atom. The summed E-state index contributed by atoms with van der Waals surface area (Å²) in [5, 5.41) is 34.3. The molecule has 3 heterocycles. The zero-order chi connectivity index (χ0) is 28.1. The molecule has 0 amide bonds. The van der Waals surface area contributed by atoms with Crippen molar-refractivity contribution in [3.05, 3.63) is 47.0 Å². The van der Waals surface area contributed by atoms with E-state index in [-0.39, 0.29) is 30.6 Å². The molecule has 1 aromatic rings. The van der Waals surface area contributed by atoms with Gasteiger partial charge in [0.15, 0.2) is 6.29 Å². The van der Waals surface area contributed by atoms with Crippen molar-refractivity contribution in [1.82, 2.24) is 0 Å². The van der Waals surface area contributed by atoms with Crippen molar-refractivity contribution in [2.45, 2.75) is 104 Å². The topological polar surface area (TPSA) is 119 Å². The molecular weight excluding hydrogens is 500 g/mol. The van der Waals surface area contributed by atoms with E-state index in [1.807, 2.05) is 13.0 Å². The summed E-state index contributed by atoms with van der Waals surface area (Å²) in [6.07, 6.45) is 2.02. The Bertz CT molecular complexity index is 1200. The Kier molecular flexibility index (Phi) is 6.29. The third kappa shape index (κ3) is 3.51. The molecule has 6 rings (SSSR count). The second kappa shape index (κ2) is 9.02. The maximum Gasteiger partial charge on any atom is 0.333 e. The first-order valence-corrected chi connectivity index (χ1v) is 14.3. The van der Waals surface area contributed by atoms with Crippen LogP contribution in [-0.2, 0) is 19.0 Å². The number of aliphatic hydroxyl groups is 3. The summed E-state index contributed by atoms with van der Waals surface area (Å²) in [6, 6.07) is 1.96. The van der Waals surface area contributed by atoms with Gasteiger partial charge in [-0.05, 0) is 50.3 Å². The van der Waals surface area contributed by atoms with Crippen molar-refractivity contribution in [3.63, 3.8) is 0 Å². The second-order valence-electron chi connectivity index (χ2n) is 13.3. The highest BCUT2D eigenvalue weighted by Crippen LogP contribution is 2.72. The summed E-state index contributed by atoms with van der Waals surface area (Å²) >= 11 is 0. The fourth-order valence-electron chi connectivity index (χ4n) is 9.55. The zero-order valence-electron chi connectivity index (χ0n) is 23.7. The number of ether oxygens (including phenoxy) is 3. The fourth-order valence-corrected chi connectivity index (χ4v) is 9.55. The summed E-state index contributed by atoms with van der Waals surface area (Å²) in [4.78, 5) is 13.4. The maximum absolute atomic E-state index is 13.4. The van der Waals surface area contributed by atoms with Crippen LogP contribution in [0.15, 0.2) is 45.8 Å². The molecule has 214 valence electrons. The normalized spacial score (nSPS) is 49.3. The van der Waals surface area contributed by atoms with E-state index >= 15 is 0 Å². The number of allylic oxidation sites excluding steroid dienone is 2. The number of carbonyl (C=O) groups is 1. The van der Waals surface area contributed by atoms with Gasteiger partial charge in [-0.25, -0.2) is 4.79 Å². The van der Waals surface area contributed by atoms with Crippen LogP contribution in [0.1, 0.15) is 72.3 Å². The molecule has 0 spiro atoms. The molecule has 2 saturated heterocycles. The minimum atomic E-state index is -1.05. The van der Waals surface area contributed by atoms with Crippen LogP contribution >= 0.6 is 0 Å². The average molecular weight is 543 g/mol. The molecule has 0 aromatic carbocycles. The third-order valence-electron chi connectivity index (χ3n) is 11.6. The van der Waals surface area contributed by atoms with Crippen molar-refractivity contribution in [1.29, 1.82) is 0 Å². The number of aliphatic hydroxyl groups excluding tert-OH is 3. The van der Waals surface area contributed by atoms with Gasteiger partial charge < -0.3 is 33.9 Å². The number of carbonyl (C=O) groups excluding carboxylic acids is 1. The van der Waals surface area contributed by atoms with E-state index in [0.717, 1.165) is 16.7 Å². The van der Waals surface area contributed by atoms with Crippen LogP contribution in [0.2, 0.25) is 0 Å². The van der Waals surface area contributed by atoms with Gasteiger partial charge in [-0.1, -0.05) is 32.4 Å². The zero-order valence-corrected chi connectivity index (χ0v) is 23.7. The van der Waals surface area contributed by atoms with Crippen LogP contribution in [0.3, 0.4) is 0 Å². The molecule has 8 heteroatoms. The van der Waals surface area contributed by atoms with Gasteiger partial charge in [0.25, 0.3) is 0 Å². The molecule has 39 heavy (non-hydrogen) atoms. The Morgan fingerprint density at radius 1 is 1.13 bits per heavy atom. The molecule has 1 aromatic heterocycles. The summed E-state index contributed by atoms with van der Waals surface area (Å²) in [5.74, 6) is -0.989. The van der Waals surface area contributed by atoms with E-state index in [1.165, 1.54) is 0 Å². The molecule has 3 aliphatic carbocycles. The number of rotatable bonds is 3. The van der Waals surface area contributed by atoms with Gasteiger partial charge in [0.1, 0.15) is 6.10 Å². The standard InChI is InChI=1S/C31H42O8/c1-7-15(2)28(35)39-27-25-26-29(4,14-37-25)21(32)12-22(33)30(26,5)20-11-23(34)38-19-10-18(17-8-9-36-13-17)16(3)24(19)31(20,27)6/h7-9,13,18-23,25-27,32-34H,10-12,14H2,1-6H3/t18-,19+,20-,21-,22+,23-,25-,26+,27-,29-,30+,31-/m1/s1. The molecule has 2 aliphatic heterocycles. The van der Waals surface area contributed by atoms with Crippen molar-refractivity contribution in [2.75, 3.05) is 6.61 Å². The maximum atomic E-state index is 13.4. The predicted molar refractivity (Wildman–Crippen MR) is 141 cm³/mol. The largest absolute Gasteiger partial charge is 0.472 e. The Hall–Kier alpha value is -1.97. The van der Waals surface area contributed by atoms with E-state index in [2.05, 4.69) is 20.8 Å². The highest BCUT2D eigenvalue weighted by molar-refractivity contribution is 5.87. The molecule has 0 radical (unpaired) electrons. The van der Waals surface area contributed by atoms with Gasteiger partial charge in [0.05, 0.1) is 43.5 Å². The number of esters is 1. The van der Waals surface area contributed by atoms with Gasteiger partial charge in [0, 0.05) is 46.5 Å². The highest BCUT2D eigenvalue weighted by Gasteiger charge is 2.76. The van der Waals surface area contributed by atoms with Crippen molar-refractivity contribution >= 4 is 5.97 Å². The number of hydrogen-bond acceptors (Lipinski definition) is 8. The molecule has 12 atom stereocenters. The summed E-state index contributed by atoms with van der Waals surface area (Å²) in [7, 11) is 0. The first-order chi connectivity index (χ1) is 18.4. The summed E-state index contributed by atoms with van der Waals surface area (Å²) < 4.78 is 24.7. The molecule has 2 saturated carbocycles. The van der Waals surface area contributed by atoms with E-state index in [0.29, 0.717) is 18.6 Å². The van der Waals surface area contributed by atoms with Crippen LogP contribution in [-0.4, -0.2) is 64.7 Å².